The van der Waals surface area contributed by atoms with Crippen molar-refractivity contribution in [3.05, 3.63) is 40.8 Å². The van der Waals surface area contributed by atoms with Gasteiger partial charge in [0, 0.05) is 36.4 Å². The van der Waals surface area contributed by atoms with E-state index in [2.05, 4.69) is 20.3 Å². The normalized spacial score (nSPS) is 14.1. The molecule has 1 aliphatic rings. The van der Waals surface area contributed by atoms with Crippen molar-refractivity contribution in [1.82, 2.24) is 14.8 Å². The van der Waals surface area contributed by atoms with Crippen LogP contribution in [0.4, 0.5) is 11.5 Å². The van der Waals surface area contributed by atoms with Crippen LogP contribution in [0.2, 0.25) is 0 Å². The second-order valence-corrected chi connectivity index (χ2v) is 10.2. The van der Waals surface area contributed by atoms with Crippen LogP contribution in [0.25, 0.3) is 10.8 Å². The quantitative estimate of drug-likeness (QED) is 0.324. The maximum atomic E-state index is 13.2. The maximum absolute atomic E-state index is 13.2. The van der Waals surface area contributed by atoms with Crippen LogP contribution in [0.3, 0.4) is 0 Å². The standard InChI is InChI=1S/C25H32N5O7P/c1-35-19-5-4-18(13-20(19)36-2)27-22(31)15-30-25(32)23-17(14-26-30)12-21(28-24(23)37-3)29-9-6-16(7-10-29)8-11-38(33)34/h4-5,12-14,16,33-34H,6-11,15H2,1-3H3,(H,27,31). The first-order chi connectivity index (χ1) is 18.3. The molecule has 38 heavy (non-hydrogen) atoms. The van der Waals surface area contributed by atoms with E-state index >= 15 is 0 Å². The Morgan fingerprint density at radius 2 is 1.84 bits per heavy atom. The fourth-order valence-corrected chi connectivity index (χ4v) is 5.17. The van der Waals surface area contributed by atoms with E-state index in [0.717, 1.165) is 37.0 Å². The fourth-order valence-electron chi connectivity index (χ4n) is 4.58. The summed E-state index contributed by atoms with van der Waals surface area (Å²) >= 11 is 0. The first kappa shape index (κ1) is 27.6. The molecule has 1 saturated heterocycles. The summed E-state index contributed by atoms with van der Waals surface area (Å²) in [5.41, 5.74) is 0.00623. The van der Waals surface area contributed by atoms with E-state index < -0.39 is 19.8 Å². The lowest BCUT2D eigenvalue weighted by Gasteiger charge is -2.33. The molecule has 204 valence electrons. The number of hydrogen-bond acceptors (Lipinski definition) is 10. The number of fused-ring (bicyclic) bond motifs is 1. The minimum Gasteiger partial charge on any atom is -0.493 e. The van der Waals surface area contributed by atoms with Crippen LogP contribution >= 0.6 is 8.38 Å². The third-order valence-corrected chi connectivity index (χ3v) is 7.28. The van der Waals surface area contributed by atoms with Gasteiger partial charge in [-0.05, 0) is 43.4 Å². The third kappa shape index (κ3) is 6.32. The molecule has 0 bridgehead atoms. The van der Waals surface area contributed by atoms with Crippen molar-refractivity contribution in [3.8, 4) is 17.4 Å². The molecule has 0 saturated carbocycles. The summed E-state index contributed by atoms with van der Waals surface area (Å²) < 4.78 is 17.0. The van der Waals surface area contributed by atoms with E-state index in [1.54, 1.807) is 24.3 Å². The molecule has 3 N–H and O–H groups in total. The average Bonchev–Trinajstić information content (AvgIpc) is 2.93. The molecule has 0 radical (unpaired) electrons. The lowest BCUT2D eigenvalue weighted by atomic mass is 9.94. The third-order valence-electron chi connectivity index (χ3n) is 6.62. The van der Waals surface area contributed by atoms with Crippen molar-refractivity contribution < 1.29 is 28.8 Å². The highest BCUT2D eigenvalue weighted by Gasteiger charge is 2.23. The zero-order chi connectivity index (χ0) is 27.2. The molecule has 1 aliphatic heterocycles. The number of carbonyl (C=O) groups excluding carboxylic acids is 1. The summed E-state index contributed by atoms with van der Waals surface area (Å²) in [5, 5.41) is 7.77. The molecule has 3 heterocycles. The number of piperidine rings is 1. The average molecular weight is 546 g/mol. The molecule has 0 spiro atoms. The minimum absolute atomic E-state index is 0.173. The number of benzene rings is 1. The fraction of sp³-hybridized carbons (Fsp3) is 0.440. The number of anilines is 2. The molecule has 13 heteroatoms. The number of carbonyl (C=O) groups is 1. The van der Waals surface area contributed by atoms with Crippen molar-refractivity contribution in [3.63, 3.8) is 0 Å². The molecule has 4 rings (SSSR count). The Bertz CT molecular complexity index is 1340. The van der Waals surface area contributed by atoms with Crippen molar-refractivity contribution in [1.29, 1.82) is 0 Å². The van der Waals surface area contributed by atoms with E-state index in [9.17, 15) is 19.4 Å². The van der Waals surface area contributed by atoms with Crippen LogP contribution in [0.5, 0.6) is 17.4 Å². The highest BCUT2D eigenvalue weighted by Crippen LogP contribution is 2.32. The Kier molecular flexibility index (Phi) is 8.98. The van der Waals surface area contributed by atoms with Gasteiger partial charge in [-0.1, -0.05) is 0 Å². The number of nitrogens with zero attached hydrogens (tertiary/aromatic N) is 4. The van der Waals surface area contributed by atoms with Crippen LogP contribution in [0.1, 0.15) is 19.3 Å². The van der Waals surface area contributed by atoms with Crippen LogP contribution in [0, 0.1) is 5.92 Å². The number of amides is 1. The van der Waals surface area contributed by atoms with E-state index in [-0.39, 0.29) is 17.8 Å². The van der Waals surface area contributed by atoms with Gasteiger partial charge in [0.1, 0.15) is 17.7 Å². The summed E-state index contributed by atoms with van der Waals surface area (Å²) in [6.45, 7) is 1.23. The van der Waals surface area contributed by atoms with E-state index in [1.807, 2.05) is 0 Å². The predicted octanol–water partition coefficient (Wildman–Crippen LogP) is 2.36. The van der Waals surface area contributed by atoms with Crippen LogP contribution in [0.15, 0.2) is 35.3 Å². The molecular weight excluding hydrogens is 513 g/mol. The van der Waals surface area contributed by atoms with Gasteiger partial charge in [-0.15, -0.1) is 0 Å². The molecule has 3 aromatic rings. The topological polar surface area (TPSA) is 148 Å². The molecule has 1 aromatic carbocycles. The van der Waals surface area contributed by atoms with Gasteiger partial charge >= 0.3 is 0 Å². The Labute approximate surface area is 221 Å². The summed E-state index contributed by atoms with van der Waals surface area (Å²) in [6.07, 6.45) is 4.60. The van der Waals surface area contributed by atoms with Gasteiger partial charge in [0.05, 0.1) is 27.5 Å². The van der Waals surface area contributed by atoms with Crippen molar-refractivity contribution in [2.24, 2.45) is 5.92 Å². The number of pyridine rings is 1. The predicted molar refractivity (Wildman–Crippen MR) is 144 cm³/mol. The Morgan fingerprint density at radius 3 is 2.50 bits per heavy atom. The van der Waals surface area contributed by atoms with Crippen molar-refractivity contribution >= 4 is 36.6 Å². The minimum atomic E-state index is -1.85. The number of aromatic nitrogens is 3. The zero-order valence-corrected chi connectivity index (χ0v) is 22.5. The van der Waals surface area contributed by atoms with Crippen molar-refractivity contribution in [2.45, 2.75) is 25.8 Å². The highest BCUT2D eigenvalue weighted by atomic mass is 31.2. The highest BCUT2D eigenvalue weighted by molar-refractivity contribution is 7.45. The van der Waals surface area contributed by atoms with Gasteiger partial charge in [-0.2, -0.15) is 10.1 Å². The van der Waals surface area contributed by atoms with Gasteiger partial charge in [-0.25, -0.2) is 4.68 Å². The molecule has 0 atom stereocenters. The van der Waals surface area contributed by atoms with Crippen LogP contribution in [-0.2, 0) is 11.3 Å². The second kappa shape index (κ2) is 12.4. The molecule has 0 unspecified atom stereocenters. The van der Waals surface area contributed by atoms with Crippen LogP contribution in [-0.4, -0.2) is 71.0 Å². The molecule has 2 aromatic heterocycles. The monoisotopic (exact) mass is 545 g/mol. The maximum Gasteiger partial charge on any atom is 0.280 e. The molecule has 1 amide bonds. The summed E-state index contributed by atoms with van der Waals surface area (Å²) in [6, 6.07) is 6.78. The largest absolute Gasteiger partial charge is 0.493 e. The first-order valence-electron chi connectivity index (χ1n) is 12.2. The Balaban J connectivity index is 1.50. The zero-order valence-electron chi connectivity index (χ0n) is 21.6. The Morgan fingerprint density at radius 1 is 1.11 bits per heavy atom. The number of nitrogens with one attached hydrogen (secondary N) is 1. The first-order valence-corrected chi connectivity index (χ1v) is 13.6. The van der Waals surface area contributed by atoms with Gasteiger partial charge in [0.2, 0.25) is 11.8 Å². The van der Waals surface area contributed by atoms with E-state index in [1.165, 1.54) is 27.5 Å². The summed E-state index contributed by atoms with van der Waals surface area (Å²) in [4.78, 5) is 51.0. The van der Waals surface area contributed by atoms with Gasteiger partial charge in [-0.3, -0.25) is 9.59 Å². The Hall–Kier alpha value is -3.47. The number of methoxy groups -OCH3 is 3. The molecule has 0 aliphatic carbocycles. The van der Waals surface area contributed by atoms with Crippen molar-refractivity contribution in [2.75, 3.05) is 50.8 Å². The van der Waals surface area contributed by atoms with Gasteiger partial charge < -0.3 is 34.2 Å². The van der Waals surface area contributed by atoms with E-state index in [0.29, 0.717) is 40.5 Å². The van der Waals surface area contributed by atoms with Crippen LogP contribution < -0.4 is 30.0 Å². The summed E-state index contributed by atoms with van der Waals surface area (Å²) in [7, 11) is 2.63. The summed E-state index contributed by atoms with van der Waals surface area (Å²) in [5.74, 6) is 1.86. The SMILES string of the molecule is COc1ccc(NC(=O)Cn2ncc3cc(N4CCC(CCP(O)O)CC4)nc(OC)c3c2=O)cc1OC. The molecule has 12 nitrogen and oxygen atoms in total. The lowest BCUT2D eigenvalue weighted by Crippen LogP contribution is -2.34. The van der Waals surface area contributed by atoms with E-state index in [4.69, 9.17) is 14.2 Å². The number of rotatable bonds is 10. The lowest BCUT2D eigenvalue weighted by molar-refractivity contribution is -0.117. The number of hydrogen-bond donors (Lipinski definition) is 3. The smallest absolute Gasteiger partial charge is 0.280 e. The van der Waals surface area contributed by atoms with Gasteiger partial charge in [0.25, 0.3) is 5.56 Å². The molecule has 1 fully saturated rings. The van der Waals surface area contributed by atoms with Gasteiger partial charge in [0.15, 0.2) is 19.9 Å². The number of ether oxygens (including phenoxy) is 3. The molecular formula is C25H32N5O7P. The second-order valence-electron chi connectivity index (χ2n) is 8.99.